The number of aryl methyl sites for hydroxylation is 1. The average Bonchev–Trinajstić information content (AvgIpc) is 2.72. The highest BCUT2D eigenvalue weighted by Gasteiger charge is 2.24. The summed E-state index contributed by atoms with van der Waals surface area (Å²) in [6, 6.07) is 11.9. The van der Waals surface area contributed by atoms with Crippen LogP contribution in [0.4, 0.5) is 11.5 Å². The number of carbonyl (C=O) groups is 1. The number of anilines is 2. The van der Waals surface area contributed by atoms with Gasteiger partial charge in [0.15, 0.2) is 0 Å². The van der Waals surface area contributed by atoms with E-state index in [9.17, 15) is 4.79 Å². The zero-order chi connectivity index (χ0) is 17.8. The van der Waals surface area contributed by atoms with Crippen molar-refractivity contribution < 1.29 is 4.79 Å². The number of fused-ring (bicyclic) bond motifs is 1. The number of amides is 1. The summed E-state index contributed by atoms with van der Waals surface area (Å²) in [5.41, 5.74) is 3.64. The molecule has 0 saturated carbocycles. The van der Waals surface area contributed by atoms with Crippen LogP contribution in [-0.2, 0) is 13.0 Å². The molecule has 6 heteroatoms. The number of rotatable bonds is 4. The van der Waals surface area contributed by atoms with E-state index in [1.54, 1.807) is 23.5 Å². The first kappa shape index (κ1) is 16.2. The lowest BCUT2D eigenvalue weighted by atomic mass is 10.0. The minimum absolute atomic E-state index is 0.106. The molecule has 0 bridgehead atoms. The van der Waals surface area contributed by atoms with Crippen LogP contribution in [-0.4, -0.2) is 27.4 Å². The van der Waals surface area contributed by atoms with E-state index < -0.39 is 0 Å². The van der Waals surface area contributed by atoms with Gasteiger partial charge in [-0.2, -0.15) is 0 Å². The maximum atomic E-state index is 12.8. The fourth-order valence-corrected chi connectivity index (χ4v) is 3.11. The molecule has 0 spiro atoms. The van der Waals surface area contributed by atoms with E-state index in [0.717, 1.165) is 24.1 Å². The molecule has 1 N–H and O–H groups in total. The molecule has 1 aliphatic heterocycles. The number of nitrogens with one attached hydrogen (secondary N) is 1. The van der Waals surface area contributed by atoms with E-state index in [1.807, 2.05) is 30.3 Å². The molecule has 0 radical (unpaired) electrons. The molecule has 4 rings (SSSR count). The van der Waals surface area contributed by atoms with Crippen LogP contribution in [0.2, 0.25) is 0 Å². The van der Waals surface area contributed by atoms with Gasteiger partial charge < -0.3 is 10.2 Å². The molecule has 1 aliphatic rings. The Morgan fingerprint density at radius 1 is 1.08 bits per heavy atom. The monoisotopic (exact) mass is 345 g/mol. The summed E-state index contributed by atoms with van der Waals surface area (Å²) in [6.07, 6.45) is 8.60. The number of para-hydroxylation sites is 1. The number of hydrogen-bond acceptors (Lipinski definition) is 5. The van der Waals surface area contributed by atoms with Crippen LogP contribution >= 0.6 is 0 Å². The van der Waals surface area contributed by atoms with Gasteiger partial charge in [0.05, 0.1) is 12.4 Å². The lowest BCUT2D eigenvalue weighted by Crippen LogP contribution is -2.36. The molecule has 130 valence electrons. The molecule has 3 aromatic rings. The van der Waals surface area contributed by atoms with Gasteiger partial charge in [-0.1, -0.05) is 18.2 Å². The zero-order valence-corrected chi connectivity index (χ0v) is 14.3. The molecular formula is C20H19N5O. The van der Waals surface area contributed by atoms with Gasteiger partial charge in [-0.3, -0.25) is 9.78 Å². The van der Waals surface area contributed by atoms with Crippen LogP contribution in [0.5, 0.6) is 0 Å². The predicted molar refractivity (Wildman–Crippen MR) is 100 cm³/mol. The van der Waals surface area contributed by atoms with Crippen molar-refractivity contribution in [3.8, 4) is 0 Å². The van der Waals surface area contributed by atoms with E-state index >= 15 is 0 Å². The van der Waals surface area contributed by atoms with Crippen LogP contribution < -0.4 is 10.2 Å². The summed E-state index contributed by atoms with van der Waals surface area (Å²) in [5.74, 6) is 0.530. The topological polar surface area (TPSA) is 71.0 Å². The predicted octanol–water partition coefficient (Wildman–Crippen LogP) is 3.08. The molecule has 0 aliphatic carbocycles. The third-order valence-corrected chi connectivity index (χ3v) is 4.45. The Morgan fingerprint density at radius 2 is 1.92 bits per heavy atom. The van der Waals surface area contributed by atoms with Crippen molar-refractivity contribution in [1.82, 2.24) is 15.0 Å². The highest BCUT2D eigenvalue weighted by molar-refractivity contribution is 6.05. The number of carbonyl (C=O) groups excluding carboxylic acids is 1. The van der Waals surface area contributed by atoms with Crippen LogP contribution in [0.15, 0.2) is 61.2 Å². The van der Waals surface area contributed by atoms with E-state index in [1.165, 1.54) is 11.8 Å². The fraction of sp³-hybridized carbons (Fsp3) is 0.200. The Bertz CT molecular complexity index is 896. The molecule has 1 amide bonds. The maximum absolute atomic E-state index is 12.8. The zero-order valence-electron chi connectivity index (χ0n) is 14.3. The summed E-state index contributed by atoms with van der Waals surface area (Å²) in [4.78, 5) is 27.3. The number of aromatic nitrogens is 3. The standard InChI is InChI=1S/C20H19N5O/c26-20(25-11-3-5-16-4-1-2-6-18(16)25)17-13-24-19(14-22-17)23-12-15-7-9-21-10-8-15/h1-2,4,6-10,13-14H,3,5,11-12H2,(H,23,24). The third-order valence-electron chi connectivity index (χ3n) is 4.45. The second-order valence-corrected chi connectivity index (χ2v) is 6.18. The van der Waals surface area contributed by atoms with Crippen molar-refractivity contribution in [2.45, 2.75) is 19.4 Å². The van der Waals surface area contributed by atoms with E-state index in [0.29, 0.717) is 24.6 Å². The highest BCUT2D eigenvalue weighted by atomic mass is 16.2. The molecule has 0 atom stereocenters. The van der Waals surface area contributed by atoms with Gasteiger partial charge in [0.1, 0.15) is 11.5 Å². The average molecular weight is 345 g/mol. The Labute approximate surface area is 151 Å². The van der Waals surface area contributed by atoms with Crippen LogP contribution in [0, 0.1) is 0 Å². The van der Waals surface area contributed by atoms with Gasteiger partial charge >= 0.3 is 0 Å². The molecular weight excluding hydrogens is 326 g/mol. The molecule has 6 nitrogen and oxygen atoms in total. The SMILES string of the molecule is O=C(c1cnc(NCc2ccncc2)cn1)N1CCCc2ccccc21. The summed E-state index contributed by atoms with van der Waals surface area (Å²) in [5, 5.41) is 3.20. The molecule has 0 fully saturated rings. The van der Waals surface area contributed by atoms with Gasteiger partial charge in [-0.05, 0) is 42.2 Å². The van der Waals surface area contributed by atoms with Crippen molar-refractivity contribution in [1.29, 1.82) is 0 Å². The summed E-state index contributed by atoms with van der Waals surface area (Å²) >= 11 is 0. The summed E-state index contributed by atoms with van der Waals surface area (Å²) in [7, 11) is 0. The van der Waals surface area contributed by atoms with E-state index in [4.69, 9.17) is 0 Å². The first-order chi connectivity index (χ1) is 12.8. The Hall–Kier alpha value is -3.28. The van der Waals surface area contributed by atoms with Crippen molar-refractivity contribution in [2.24, 2.45) is 0 Å². The van der Waals surface area contributed by atoms with Gasteiger partial charge in [0, 0.05) is 31.2 Å². The molecule has 1 aromatic carbocycles. The molecule has 0 unspecified atom stereocenters. The van der Waals surface area contributed by atoms with Crippen LogP contribution in [0.1, 0.15) is 28.0 Å². The Kier molecular flexibility index (Phi) is 4.55. The minimum atomic E-state index is -0.106. The van der Waals surface area contributed by atoms with Crippen molar-refractivity contribution in [3.63, 3.8) is 0 Å². The third kappa shape index (κ3) is 3.39. The lowest BCUT2D eigenvalue weighted by Gasteiger charge is -2.29. The van der Waals surface area contributed by atoms with Gasteiger partial charge in [-0.25, -0.2) is 9.97 Å². The number of hydrogen-bond donors (Lipinski definition) is 1. The Morgan fingerprint density at radius 3 is 2.73 bits per heavy atom. The lowest BCUT2D eigenvalue weighted by molar-refractivity contribution is 0.0980. The number of nitrogens with zero attached hydrogens (tertiary/aromatic N) is 4. The molecule has 3 heterocycles. The van der Waals surface area contributed by atoms with Crippen molar-refractivity contribution in [2.75, 3.05) is 16.8 Å². The summed E-state index contributed by atoms with van der Waals surface area (Å²) < 4.78 is 0. The second-order valence-electron chi connectivity index (χ2n) is 6.18. The van der Waals surface area contributed by atoms with Gasteiger partial charge in [0.25, 0.3) is 5.91 Å². The van der Waals surface area contributed by atoms with E-state index in [-0.39, 0.29) is 5.91 Å². The number of benzene rings is 1. The largest absolute Gasteiger partial charge is 0.365 e. The van der Waals surface area contributed by atoms with Gasteiger partial charge in [0.2, 0.25) is 0 Å². The fourth-order valence-electron chi connectivity index (χ4n) is 3.11. The summed E-state index contributed by atoms with van der Waals surface area (Å²) in [6.45, 7) is 1.34. The normalized spacial score (nSPS) is 13.2. The van der Waals surface area contributed by atoms with E-state index in [2.05, 4.69) is 26.3 Å². The quantitative estimate of drug-likeness (QED) is 0.787. The smallest absolute Gasteiger partial charge is 0.278 e. The minimum Gasteiger partial charge on any atom is -0.365 e. The number of pyridine rings is 1. The molecule has 2 aromatic heterocycles. The first-order valence-electron chi connectivity index (χ1n) is 8.66. The van der Waals surface area contributed by atoms with Crippen LogP contribution in [0.3, 0.4) is 0 Å². The highest BCUT2D eigenvalue weighted by Crippen LogP contribution is 2.27. The van der Waals surface area contributed by atoms with Crippen molar-refractivity contribution in [3.05, 3.63) is 78.0 Å². The Balaban J connectivity index is 1.46. The van der Waals surface area contributed by atoms with Crippen molar-refractivity contribution >= 4 is 17.4 Å². The molecule has 0 saturated heterocycles. The second kappa shape index (κ2) is 7.31. The first-order valence-corrected chi connectivity index (χ1v) is 8.66. The van der Waals surface area contributed by atoms with Gasteiger partial charge in [-0.15, -0.1) is 0 Å². The maximum Gasteiger partial charge on any atom is 0.278 e. The van der Waals surface area contributed by atoms with Crippen LogP contribution in [0.25, 0.3) is 0 Å². The molecule has 26 heavy (non-hydrogen) atoms.